The van der Waals surface area contributed by atoms with Crippen LogP contribution >= 0.6 is 0 Å². The summed E-state index contributed by atoms with van der Waals surface area (Å²) >= 11 is 0. The van der Waals surface area contributed by atoms with E-state index in [4.69, 9.17) is 4.74 Å². The third-order valence-electron chi connectivity index (χ3n) is 2.12. The van der Waals surface area contributed by atoms with Crippen molar-refractivity contribution < 1.29 is 4.74 Å². The van der Waals surface area contributed by atoms with Crippen LogP contribution in [0.1, 0.15) is 11.1 Å². The van der Waals surface area contributed by atoms with Gasteiger partial charge in [-0.2, -0.15) is 0 Å². The quantitative estimate of drug-likeness (QED) is 0.730. The Kier molecular flexibility index (Phi) is 3.03. The maximum atomic E-state index is 5.55. The molecule has 0 N–H and O–H groups in total. The van der Waals surface area contributed by atoms with Crippen LogP contribution in [-0.4, -0.2) is 0 Å². The predicted molar refractivity (Wildman–Crippen MR) is 61.7 cm³/mol. The molecular formula is C14H13O. The van der Waals surface area contributed by atoms with Gasteiger partial charge >= 0.3 is 0 Å². The summed E-state index contributed by atoms with van der Waals surface area (Å²) in [5, 5.41) is 0. The lowest BCUT2D eigenvalue weighted by Gasteiger charge is -2.05. The van der Waals surface area contributed by atoms with Crippen LogP contribution in [0.4, 0.5) is 0 Å². The molecule has 1 nitrogen and oxygen atoms in total. The lowest BCUT2D eigenvalue weighted by molar-refractivity contribution is 0.428. The fraction of sp³-hybridized carbons (Fsp3) is 0.0714. The van der Waals surface area contributed by atoms with Crippen molar-refractivity contribution >= 4 is 0 Å². The Labute approximate surface area is 90.3 Å². The van der Waals surface area contributed by atoms with Crippen molar-refractivity contribution in [3.05, 3.63) is 72.3 Å². The van der Waals surface area contributed by atoms with Gasteiger partial charge in [-0.15, -0.1) is 0 Å². The van der Waals surface area contributed by atoms with Crippen molar-refractivity contribution in [2.45, 2.75) is 6.92 Å². The Hall–Kier alpha value is -1.76. The zero-order valence-electron chi connectivity index (χ0n) is 8.68. The van der Waals surface area contributed by atoms with Crippen LogP contribution in [0.15, 0.2) is 54.6 Å². The summed E-state index contributed by atoms with van der Waals surface area (Å²) in [6.45, 7) is 3.81. The molecule has 0 fully saturated rings. The van der Waals surface area contributed by atoms with Gasteiger partial charge in [-0.3, -0.25) is 0 Å². The van der Waals surface area contributed by atoms with Gasteiger partial charge in [-0.1, -0.05) is 42.5 Å². The first-order valence-electron chi connectivity index (χ1n) is 4.96. The number of hydrogen-bond donors (Lipinski definition) is 0. The maximum absolute atomic E-state index is 5.55. The molecule has 15 heavy (non-hydrogen) atoms. The molecule has 0 aliphatic carbocycles. The summed E-state index contributed by atoms with van der Waals surface area (Å²) in [5.74, 6) is 0.874. The highest BCUT2D eigenvalue weighted by Gasteiger charge is 1.95. The van der Waals surface area contributed by atoms with E-state index in [1.165, 1.54) is 5.56 Å². The average Bonchev–Trinajstić information content (AvgIpc) is 2.28. The highest BCUT2D eigenvalue weighted by molar-refractivity contribution is 5.29. The highest BCUT2D eigenvalue weighted by atomic mass is 16.5. The molecule has 1 radical (unpaired) electrons. The number of benzene rings is 2. The van der Waals surface area contributed by atoms with E-state index in [1.807, 2.05) is 48.5 Å². The van der Waals surface area contributed by atoms with E-state index in [1.54, 1.807) is 6.61 Å². The van der Waals surface area contributed by atoms with Crippen LogP contribution in [0, 0.1) is 13.5 Å². The molecule has 0 heterocycles. The van der Waals surface area contributed by atoms with E-state index in [0.29, 0.717) is 0 Å². The Morgan fingerprint density at radius 2 is 1.73 bits per heavy atom. The summed E-state index contributed by atoms with van der Waals surface area (Å²) in [6.07, 6.45) is 0. The second kappa shape index (κ2) is 4.65. The van der Waals surface area contributed by atoms with Gasteiger partial charge in [0.05, 0.1) is 0 Å². The van der Waals surface area contributed by atoms with Crippen molar-refractivity contribution in [2.75, 3.05) is 0 Å². The van der Waals surface area contributed by atoms with Gasteiger partial charge in [0.1, 0.15) is 5.75 Å². The van der Waals surface area contributed by atoms with E-state index < -0.39 is 0 Å². The first kappa shape index (κ1) is 9.78. The van der Waals surface area contributed by atoms with Gasteiger partial charge in [0, 0.05) is 0 Å². The molecule has 0 amide bonds. The molecule has 75 valence electrons. The molecule has 0 aromatic heterocycles. The minimum atomic E-state index is 0.874. The van der Waals surface area contributed by atoms with Gasteiger partial charge in [0.2, 0.25) is 0 Å². The monoisotopic (exact) mass is 197 g/mol. The van der Waals surface area contributed by atoms with Crippen molar-refractivity contribution in [1.29, 1.82) is 0 Å². The molecule has 2 aromatic rings. The number of aryl methyl sites for hydroxylation is 1. The zero-order valence-corrected chi connectivity index (χ0v) is 8.68. The van der Waals surface area contributed by atoms with Gasteiger partial charge in [0.15, 0.2) is 6.61 Å². The van der Waals surface area contributed by atoms with Crippen LogP contribution in [0.25, 0.3) is 0 Å². The molecule has 0 aliphatic heterocycles. The van der Waals surface area contributed by atoms with Gasteiger partial charge in [-0.05, 0) is 30.2 Å². The molecule has 1 heteroatoms. The van der Waals surface area contributed by atoms with Crippen LogP contribution in [0.5, 0.6) is 5.75 Å². The lowest BCUT2D eigenvalue weighted by Crippen LogP contribution is -1.91. The van der Waals surface area contributed by atoms with E-state index in [0.717, 1.165) is 11.3 Å². The molecule has 2 aromatic carbocycles. The van der Waals surface area contributed by atoms with E-state index in [9.17, 15) is 0 Å². The molecule has 0 atom stereocenters. The Morgan fingerprint density at radius 3 is 2.47 bits per heavy atom. The molecule has 0 aliphatic rings. The SMILES string of the molecule is Cc1cccc(O[CH]c2ccccc2)c1. The minimum Gasteiger partial charge on any atom is -0.481 e. The van der Waals surface area contributed by atoms with Crippen LogP contribution in [0.2, 0.25) is 0 Å². The standard InChI is InChI=1S/C14H13O/c1-12-6-5-9-14(10-12)15-11-13-7-3-2-4-8-13/h2-11H,1H3. The molecule has 0 unspecified atom stereocenters. The Bertz CT molecular complexity index is 420. The topological polar surface area (TPSA) is 9.23 Å². The predicted octanol–water partition coefficient (Wildman–Crippen LogP) is 3.58. The first-order chi connectivity index (χ1) is 7.34. The largest absolute Gasteiger partial charge is 0.481 e. The molecular weight excluding hydrogens is 184 g/mol. The molecule has 0 saturated heterocycles. The molecule has 0 spiro atoms. The number of rotatable bonds is 3. The molecule has 2 rings (SSSR count). The van der Waals surface area contributed by atoms with Gasteiger partial charge in [0.25, 0.3) is 0 Å². The van der Waals surface area contributed by atoms with Crippen molar-refractivity contribution in [1.82, 2.24) is 0 Å². The summed E-state index contributed by atoms with van der Waals surface area (Å²) in [5.41, 5.74) is 2.27. The van der Waals surface area contributed by atoms with E-state index in [2.05, 4.69) is 13.0 Å². The van der Waals surface area contributed by atoms with Crippen molar-refractivity contribution in [3.63, 3.8) is 0 Å². The Morgan fingerprint density at radius 1 is 0.933 bits per heavy atom. The summed E-state index contributed by atoms with van der Waals surface area (Å²) < 4.78 is 5.55. The summed E-state index contributed by atoms with van der Waals surface area (Å²) in [7, 11) is 0. The van der Waals surface area contributed by atoms with E-state index >= 15 is 0 Å². The lowest BCUT2D eigenvalue weighted by atomic mass is 10.2. The normalized spacial score (nSPS) is 9.93. The van der Waals surface area contributed by atoms with Crippen LogP contribution in [-0.2, 0) is 0 Å². The maximum Gasteiger partial charge on any atom is 0.165 e. The zero-order chi connectivity index (χ0) is 10.5. The van der Waals surface area contributed by atoms with Crippen molar-refractivity contribution in [2.24, 2.45) is 0 Å². The van der Waals surface area contributed by atoms with Gasteiger partial charge < -0.3 is 4.74 Å². The van der Waals surface area contributed by atoms with E-state index in [-0.39, 0.29) is 0 Å². The molecule has 0 saturated carbocycles. The van der Waals surface area contributed by atoms with Gasteiger partial charge in [-0.25, -0.2) is 0 Å². The minimum absolute atomic E-state index is 0.874. The molecule has 0 bridgehead atoms. The number of hydrogen-bond acceptors (Lipinski definition) is 1. The summed E-state index contributed by atoms with van der Waals surface area (Å²) in [4.78, 5) is 0. The number of ether oxygens (including phenoxy) is 1. The second-order valence-electron chi connectivity index (χ2n) is 3.46. The van der Waals surface area contributed by atoms with Crippen molar-refractivity contribution in [3.8, 4) is 5.75 Å². The third-order valence-corrected chi connectivity index (χ3v) is 2.12. The fourth-order valence-electron chi connectivity index (χ4n) is 1.36. The fourth-order valence-corrected chi connectivity index (χ4v) is 1.36. The second-order valence-corrected chi connectivity index (χ2v) is 3.46. The third kappa shape index (κ3) is 2.84. The average molecular weight is 197 g/mol. The summed E-state index contributed by atoms with van der Waals surface area (Å²) in [6, 6.07) is 18.0. The Balaban J connectivity index is 1.99. The van der Waals surface area contributed by atoms with Crippen LogP contribution in [0.3, 0.4) is 0 Å². The first-order valence-corrected chi connectivity index (χ1v) is 4.96. The smallest absolute Gasteiger partial charge is 0.165 e. The highest BCUT2D eigenvalue weighted by Crippen LogP contribution is 2.15. The van der Waals surface area contributed by atoms with Crippen LogP contribution < -0.4 is 4.74 Å².